The van der Waals surface area contributed by atoms with Crippen LogP contribution in [0.1, 0.15) is 76.8 Å². The number of hydrogen-bond donors (Lipinski definition) is 1. The summed E-state index contributed by atoms with van der Waals surface area (Å²) >= 11 is 0. The van der Waals surface area contributed by atoms with E-state index < -0.39 is 8.32 Å². The summed E-state index contributed by atoms with van der Waals surface area (Å²) in [5, 5.41) is 10.8. The van der Waals surface area contributed by atoms with Gasteiger partial charge in [-0.15, -0.1) is 0 Å². The first-order valence-corrected chi connectivity index (χ1v) is 14.5. The second-order valence-corrected chi connectivity index (χ2v) is 16.3. The average Bonchev–Trinajstić information content (AvgIpc) is 2.94. The summed E-state index contributed by atoms with van der Waals surface area (Å²) in [5.74, 6) is 3.81. The normalized spacial score (nSPS) is 34.2. The first-order chi connectivity index (χ1) is 13.5. The Bertz CT molecular complexity index is 781. The molecule has 5 atom stereocenters. The first kappa shape index (κ1) is 21.2. The Balaban J connectivity index is 1.67. The molecule has 1 N–H and O–H groups in total. The van der Waals surface area contributed by atoms with Crippen molar-refractivity contribution in [3.63, 3.8) is 0 Å². The van der Waals surface area contributed by atoms with Crippen LogP contribution < -0.4 is 9.16 Å². The van der Waals surface area contributed by atoms with Gasteiger partial charge in [0.2, 0.25) is 0 Å². The molecule has 29 heavy (non-hydrogen) atoms. The molecule has 1 aromatic rings. The summed E-state index contributed by atoms with van der Waals surface area (Å²) in [6, 6.07) is 4.59. The van der Waals surface area contributed by atoms with E-state index >= 15 is 0 Å². The van der Waals surface area contributed by atoms with Crippen LogP contribution in [0, 0.1) is 17.3 Å². The molecule has 3 aliphatic rings. The van der Waals surface area contributed by atoms with Crippen molar-refractivity contribution in [3.8, 4) is 11.5 Å². The van der Waals surface area contributed by atoms with Gasteiger partial charge in [0.1, 0.15) is 5.75 Å². The zero-order chi connectivity index (χ0) is 21.2. The van der Waals surface area contributed by atoms with Crippen molar-refractivity contribution in [2.45, 2.75) is 96.4 Å². The van der Waals surface area contributed by atoms with Crippen molar-refractivity contribution in [1.82, 2.24) is 0 Å². The maximum Gasteiger partial charge on any atom is 0.250 e. The number of rotatable bonds is 3. The van der Waals surface area contributed by atoms with Gasteiger partial charge in [-0.2, -0.15) is 0 Å². The number of aryl methyl sites for hydroxylation is 1. The first-order valence-electron chi connectivity index (χ1n) is 11.6. The Morgan fingerprint density at radius 3 is 2.45 bits per heavy atom. The van der Waals surface area contributed by atoms with E-state index in [-0.39, 0.29) is 16.6 Å². The highest BCUT2D eigenvalue weighted by atomic mass is 28.4. The smallest absolute Gasteiger partial charge is 0.250 e. The SMILES string of the molecule is COc1cc2c(cc1O[Si](C)(C)C(C)(C)C)CCC1C2CC[C@@]2(C)C1CC[C@@H]2O. The second-order valence-electron chi connectivity index (χ2n) is 11.6. The number of ether oxygens (including phenoxy) is 1. The van der Waals surface area contributed by atoms with Crippen molar-refractivity contribution in [3.05, 3.63) is 23.3 Å². The molecule has 0 aromatic heterocycles. The lowest BCUT2D eigenvalue weighted by Crippen LogP contribution is -2.44. The van der Waals surface area contributed by atoms with Gasteiger partial charge in [-0.05, 0) is 103 Å². The highest BCUT2D eigenvalue weighted by Crippen LogP contribution is 2.61. The predicted molar refractivity (Wildman–Crippen MR) is 121 cm³/mol. The zero-order valence-electron chi connectivity index (χ0n) is 19.5. The van der Waals surface area contributed by atoms with Gasteiger partial charge in [-0.1, -0.05) is 27.7 Å². The van der Waals surface area contributed by atoms with Crippen molar-refractivity contribution in [1.29, 1.82) is 0 Å². The third-order valence-electron chi connectivity index (χ3n) is 9.13. The Kier molecular flexibility index (Phi) is 5.14. The van der Waals surface area contributed by atoms with Crippen LogP contribution in [-0.2, 0) is 6.42 Å². The minimum absolute atomic E-state index is 0.107. The summed E-state index contributed by atoms with van der Waals surface area (Å²) in [4.78, 5) is 0. The largest absolute Gasteiger partial charge is 0.541 e. The van der Waals surface area contributed by atoms with Crippen LogP contribution in [0.15, 0.2) is 12.1 Å². The molecule has 162 valence electrons. The topological polar surface area (TPSA) is 38.7 Å². The lowest BCUT2D eigenvalue weighted by Gasteiger charge is -2.50. The van der Waals surface area contributed by atoms with Gasteiger partial charge in [0.05, 0.1) is 13.2 Å². The van der Waals surface area contributed by atoms with Gasteiger partial charge in [-0.3, -0.25) is 0 Å². The van der Waals surface area contributed by atoms with Crippen LogP contribution in [0.5, 0.6) is 11.5 Å². The maximum atomic E-state index is 10.6. The molecule has 0 aliphatic heterocycles. The molecule has 3 aliphatic carbocycles. The van der Waals surface area contributed by atoms with E-state index in [9.17, 15) is 5.11 Å². The highest BCUT2D eigenvalue weighted by molar-refractivity contribution is 6.74. The van der Waals surface area contributed by atoms with Gasteiger partial charge in [0, 0.05) is 0 Å². The van der Waals surface area contributed by atoms with Crippen LogP contribution in [0.2, 0.25) is 18.1 Å². The van der Waals surface area contributed by atoms with E-state index in [1.54, 1.807) is 7.11 Å². The minimum atomic E-state index is -1.92. The molecular formula is C25H40O3Si. The van der Waals surface area contributed by atoms with E-state index in [0.29, 0.717) is 17.8 Å². The fourth-order valence-electron chi connectivity index (χ4n) is 6.22. The highest BCUT2D eigenvalue weighted by Gasteiger charge is 2.54. The molecule has 3 unspecified atom stereocenters. The molecular weight excluding hydrogens is 376 g/mol. The van der Waals surface area contributed by atoms with E-state index in [0.717, 1.165) is 30.8 Å². The lowest BCUT2D eigenvalue weighted by molar-refractivity contribution is -0.0226. The van der Waals surface area contributed by atoms with Crippen molar-refractivity contribution in [2.75, 3.05) is 7.11 Å². The molecule has 0 heterocycles. The van der Waals surface area contributed by atoms with E-state index in [1.807, 2.05) is 0 Å². The number of fused-ring (bicyclic) bond motifs is 5. The maximum absolute atomic E-state index is 10.6. The Morgan fingerprint density at radius 1 is 1.07 bits per heavy atom. The summed E-state index contributed by atoms with van der Waals surface area (Å²) in [6.45, 7) is 13.8. The third kappa shape index (κ3) is 3.35. The summed E-state index contributed by atoms with van der Waals surface area (Å²) in [5.41, 5.74) is 3.08. The van der Waals surface area contributed by atoms with Gasteiger partial charge in [-0.25, -0.2) is 0 Å². The van der Waals surface area contributed by atoms with Crippen LogP contribution in [0.4, 0.5) is 0 Å². The molecule has 2 saturated carbocycles. The van der Waals surface area contributed by atoms with E-state index in [2.05, 4.69) is 52.9 Å². The number of methoxy groups -OCH3 is 1. The summed E-state index contributed by atoms with van der Waals surface area (Å²) in [7, 11) is -0.147. The number of benzene rings is 1. The Labute approximate surface area is 178 Å². The molecule has 0 amide bonds. The number of aliphatic hydroxyl groups is 1. The standard InChI is InChI=1S/C25H40O3Si/c1-24(2,3)29(6,7)28-22-14-16-8-9-18-17(19(16)15-21(22)27-5)12-13-25(4)20(18)10-11-23(25)26/h14-15,17-18,20,23,26H,8-13H2,1-7H3/t17?,18?,20?,23-,25-/m0/s1. The van der Waals surface area contributed by atoms with Gasteiger partial charge >= 0.3 is 0 Å². The fourth-order valence-corrected chi connectivity index (χ4v) is 7.23. The third-order valence-corrected chi connectivity index (χ3v) is 13.5. The summed E-state index contributed by atoms with van der Waals surface area (Å²) < 4.78 is 12.5. The molecule has 1 aromatic carbocycles. The van der Waals surface area contributed by atoms with E-state index in [4.69, 9.17) is 9.16 Å². The molecule has 0 bridgehead atoms. The van der Waals surface area contributed by atoms with Crippen molar-refractivity contribution >= 4 is 8.32 Å². The Hall–Kier alpha value is -1.00. The molecule has 0 spiro atoms. The Morgan fingerprint density at radius 2 is 1.79 bits per heavy atom. The summed E-state index contributed by atoms with van der Waals surface area (Å²) in [6.07, 6.45) is 6.77. The van der Waals surface area contributed by atoms with E-state index in [1.165, 1.54) is 30.4 Å². The molecule has 4 heteroatoms. The van der Waals surface area contributed by atoms with Crippen LogP contribution in [0.25, 0.3) is 0 Å². The predicted octanol–water partition coefficient (Wildman–Crippen LogP) is 6.30. The van der Waals surface area contributed by atoms with Crippen LogP contribution in [0.3, 0.4) is 0 Å². The number of aliphatic hydroxyl groups excluding tert-OH is 1. The monoisotopic (exact) mass is 416 g/mol. The van der Waals surface area contributed by atoms with Crippen LogP contribution >= 0.6 is 0 Å². The van der Waals surface area contributed by atoms with Crippen LogP contribution in [-0.4, -0.2) is 26.6 Å². The van der Waals surface area contributed by atoms with Gasteiger partial charge < -0.3 is 14.3 Å². The minimum Gasteiger partial charge on any atom is -0.541 e. The molecule has 0 radical (unpaired) electrons. The zero-order valence-corrected chi connectivity index (χ0v) is 20.5. The van der Waals surface area contributed by atoms with Crippen molar-refractivity contribution in [2.24, 2.45) is 17.3 Å². The molecule has 0 saturated heterocycles. The molecule has 2 fully saturated rings. The van der Waals surface area contributed by atoms with Gasteiger partial charge in [0.25, 0.3) is 8.32 Å². The van der Waals surface area contributed by atoms with Crippen molar-refractivity contribution < 1.29 is 14.3 Å². The molecule has 4 rings (SSSR count). The lowest BCUT2D eigenvalue weighted by atomic mass is 9.55. The molecule has 3 nitrogen and oxygen atoms in total. The second kappa shape index (κ2) is 7.02. The quantitative estimate of drug-likeness (QED) is 0.588. The fraction of sp³-hybridized carbons (Fsp3) is 0.760. The average molecular weight is 417 g/mol. The van der Waals surface area contributed by atoms with Gasteiger partial charge in [0.15, 0.2) is 5.75 Å². The number of hydrogen-bond acceptors (Lipinski definition) is 3.